The highest BCUT2D eigenvalue weighted by molar-refractivity contribution is 5.33. The van der Waals surface area contributed by atoms with Gasteiger partial charge in [0.05, 0.1) is 12.1 Å². The molecule has 130 valence electrons. The third-order valence-corrected chi connectivity index (χ3v) is 4.53. The van der Waals surface area contributed by atoms with Crippen molar-refractivity contribution in [3.63, 3.8) is 0 Å². The van der Waals surface area contributed by atoms with Crippen LogP contribution in [-0.4, -0.2) is 22.7 Å². The van der Waals surface area contributed by atoms with E-state index in [1.165, 1.54) is 12.0 Å². The van der Waals surface area contributed by atoms with Crippen molar-refractivity contribution in [1.29, 1.82) is 0 Å². The number of ether oxygens (including phenoxy) is 1. The third kappa shape index (κ3) is 3.81. The molecule has 2 heterocycles. The summed E-state index contributed by atoms with van der Waals surface area (Å²) in [6, 6.07) is 10.8. The summed E-state index contributed by atoms with van der Waals surface area (Å²) in [5, 5.41) is 4.33. The lowest BCUT2D eigenvalue weighted by atomic mass is 10.1. The largest absolute Gasteiger partial charge is 0.491 e. The maximum Gasteiger partial charge on any atom is 0.139 e. The van der Waals surface area contributed by atoms with Gasteiger partial charge in [-0.05, 0) is 39.3 Å². The first-order chi connectivity index (χ1) is 11.5. The minimum absolute atomic E-state index is 0.185. The van der Waals surface area contributed by atoms with Crippen molar-refractivity contribution in [2.24, 2.45) is 0 Å². The van der Waals surface area contributed by atoms with Crippen LogP contribution in [0.25, 0.3) is 0 Å². The lowest BCUT2D eigenvalue weighted by molar-refractivity contribution is 0.216. The summed E-state index contributed by atoms with van der Waals surface area (Å²) < 4.78 is 11.5. The fraction of sp³-hybridized carbons (Fsp3) is 0.550. The first-order valence-electron chi connectivity index (χ1n) is 8.99. The van der Waals surface area contributed by atoms with Crippen LogP contribution in [0.1, 0.15) is 69.5 Å². The number of benzene rings is 1. The van der Waals surface area contributed by atoms with Crippen molar-refractivity contribution >= 4 is 0 Å². The predicted molar refractivity (Wildman–Crippen MR) is 95.2 cm³/mol. The van der Waals surface area contributed by atoms with E-state index in [-0.39, 0.29) is 6.10 Å². The Bertz CT molecular complexity index is 663. The average Bonchev–Trinajstić information content (AvgIpc) is 3.17. The highest BCUT2D eigenvalue weighted by Gasteiger charge is 2.29. The van der Waals surface area contributed by atoms with Gasteiger partial charge in [0.25, 0.3) is 0 Å². The fourth-order valence-corrected chi connectivity index (χ4v) is 3.31. The van der Waals surface area contributed by atoms with E-state index >= 15 is 0 Å². The molecule has 0 spiro atoms. The molecule has 1 saturated heterocycles. The highest BCUT2D eigenvalue weighted by Crippen LogP contribution is 2.35. The maximum absolute atomic E-state index is 5.97. The fourth-order valence-electron chi connectivity index (χ4n) is 3.31. The molecule has 1 aromatic heterocycles. The summed E-state index contributed by atoms with van der Waals surface area (Å²) in [5.74, 6) is 2.34. The molecule has 0 amide bonds. The molecule has 24 heavy (non-hydrogen) atoms. The zero-order valence-corrected chi connectivity index (χ0v) is 15.2. The van der Waals surface area contributed by atoms with Gasteiger partial charge in [0.1, 0.15) is 17.2 Å². The Morgan fingerprint density at radius 1 is 1.25 bits per heavy atom. The Labute approximate surface area is 144 Å². The van der Waals surface area contributed by atoms with E-state index in [9.17, 15) is 0 Å². The Kier molecular flexibility index (Phi) is 5.24. The summed E-state index contributed by atoms with van der Waals surface area (Å²) in [5.41, 5.74) is 2.31. The first-order valence-corrected chi connectivity index (χ1v) is 8.99. The van der Waals surface area contributed by atoms with Crippen LogP contribution in [0.5, 0.6) is 5.75 Å². The molecule has 1 aliphatic heterocycles. The van der Waals surface area contributed by atoms with Crippen LogP contribution < -0.4 is 4.74 Å². The molecular formula is C20H28N2O2. The van der Waals surface area contributed by atoms with Crippen LogP contribution in [0.4, 0.5) is 0 Å². The van der Waals surface area contributed by atoms with E-state index in [0.717, 1.165) is 36.7 Å². The monoisotopic (exact) mass is 328 g/mol. The van der Waals surface area contributed by atoms with Gasteiger partial charge >= 0.3 is 0 Å². The van der Waals surface area contributed by atoms with Crippen molar-refractivity contribution in [2.45, 2.75) is 65.1 Å². The summed E-state index contributed by atoms with van der Waals surface area (Å²) >= 11 is 0. The summed E-state index contributed by atoms with van der Waals surface area (Å²) in [4.78, 5) is 2.49. The number of para-hydroxylation sites is 1. The summed E-state index contributed by atoms with van der Waals surface area (Å²) in [6.45, 7) is 10.4. The quantitative estimate of drug-likeness (QED) is 0.754. The Morgan fingerprint density at radius 2 is 2.04 bits per heavy atom. The lowest BCUT2D eigenvalue weighted by Gasteiger charge is -2.24. The molecule has 0 saturated carbocycles. The van der Waals surface area contributed by atoms with E-state index in [4.69, 9.17) is 9.26 Å². The van der Waals surface area contributed by atoms with Gasteiger partial charge in [0.2, 0.25) is 0 Å². The third-order valence-electron chi connectivity index (χ3n) is 4.53. The second-order valence-corrected chi connectivity index (χ2v) is 7.21. The number of aromatic nitrogens is 1. The van der Waals surface area contributed by atoms with E-state index in [1.54, 1.807) is 0 Å². The smallest absolute Gasteiger partial charge is 0.139 e. The van der Waals surface area contributed by atoms with Crippen LogP contribution in [0, 0.1) is 0 Å². The van der Waals surface area contributed by atoms with Gasteiger partial charge in [0, 0.05) is 24.1 Å². The molecule has 0 radical (unpaired) electrons. The van der Waals surface area contributed by atoms with Crippen molar-refractivity contribution in [3.8, 4) is 5.75 Å². The number of hydrogen-bond acceptors (Lipinski definition) is 4. The molecule has 0 aliphatic carbocycles. The van der Waals surface area contributed by atoms with Crippen LogP contribution >= 0.6 is 0 Å². The molecule has 0 bridgehead atoms. The molecule has 1 aromatic carbocycles. The molecule has 0 unspecified atom stereocenters. The highest BCUT2D eigenvalue weighted by atomic mass is 16.5. The van der Waals surface area contributed by atoms with Crippen molar-refractivity contribution < 1.29 is 9.26 Å². The molecule has 1 atom stereocenters. The van der Waals surface area contributed by atoms with Gasteiger partial charge < -0.3 is 9.26 Å². The molecule has 4 nitrogen and oxygen atoms in total. The molecule has 4 heteroatoms. The number of rotatable bonds is 6. The zero-order chi connectivity index (χ0) is 17.1. The normalized spacial score (nSPS) is 18.7. The predicted octanol–water partition coefficient (Wildman–Crippen LogP) is 4.92. The molecule has 1 aliphatic rings. The van der Waals surface area contributed by atoms with Crippen LogP contribution in [0.15, 0.2) is 34.9 Å². The van der Waals surface area contributed by atoms with Gasteiger partial charge in [-0.3, -0.25) is 4.90 Å². The number of likely N-dealkylation sites (tertiary alicyclic amines) is 1. The van der Waals surface area contributed by atoms with Crippen molar-refractivity contribution in [2.75, 3.05) is 6.54 Å². The van der Waals surface area contributed by atoms with Crippen molar-refractivity contribution in [3.05, 3.63) is 47.3 Å². The van der Waals surface area contributed by atoms with Crippen LogP contribution in [-0.2, 0) is 6.54 Å². The maximum atomic E-state index is 5.97. The van der Waals surface area contributed by atoms with Crippen LogP contribution in [0.2, 0.25) is 0 Å². The zero-order valence-electron chi connectivity index (χ0n) is 15.2. The van der Waals surface area contributed by atoms with E-state index in [2.05, 4.69) is 62.0 Å². The molecule has 0 N–H and O–H groups in total. The van der Waals surface area contributed by atoms with Crippen LogP contribution in [0.3, 0.4) is 0 Å². The second kappa shape index (κ2) is 7.39. The molecule has 3 rings (SSSR count). The first kappa shape index (κ1) is 17.0. The Balaban J connectivity index is 1.76. The summed E-state index contributed by atoms with van der Waals surface area (Å²) in [7, 11) is 0. The topological polar surface area (TPSA) is 38.5 Å². The van der Waals surface area contributed by atoms with Gasteiger partial charge in [-0.1, -0.05) is 37.2 Å². The van der Waals surface area contributed by atoms with E-state index in [1.807, 2.05) is 6.07 Å². The number of hydrogen-bond donors (Lipinski definition) is 0. The average molecular weight is 328 g/mol. The van der Waals surface area contributed by atoms with Gasteiger partial charge in [-0.25, -0.2) is 0 Å². The Hall–Kier alpha value is -1.81. The molecular weight excluding hydrogens is 300 g/mol. The Morgan fingerprint density at radius 3 is 2.75 bits per heavy atom. The van der Waals surface area contributed by atoms with Crippen molar-refractivity contribution in [1.82, 2.24) is 10.1 Å². The minimum atomic E-state index is 0.185. The number of nitrogens with zero attached hydrogens (tertiary/aromatic N) is 2. The summed E-state index contributed by atoms with van der Waals surface area (Å²) in [6.07, 6.45) is 2.52. The second-order valence-electron chi connectivity index (χ2n) is 7.21. The van der Waals surface area contributed by atoms with Gasteiger partial charge in [-0.2, -0.15) is 0 Å². The van der Waals surface area contributed by atoms with Gasteiger partial charge in [-0.15, -0.1) is 0 Å². The van der Waals surface area contributed by atoms with E-state index in [0.29, 0.717) is 12.0 Å². The molecule has 2 aromatic rings. The minimum Gasteiger partial charge on any atom is -0.491 e. The lowest BCUT2D eigenvalue weighted by Crippen LogP contribution is -2.23. The standard InChI is InChI=1S/C20H28N2O2/c1-14(2)20-12-17(21-24-20)18-9-7-11-22(18)13-16-8-5-6-10-19(16)23-15(3)4/h5-6,8,10,12,14-15,18H,7,9,11,13H2,1-4H3/t18-/m1/s1. The van der Waals surface area contributed by atoms with Gasteiger partial charge in [0.15, 0.2) is 0 Å². The van der Waals surface area contributed by atoms with E-state index < -0.39 is 0 Å². The molecule has 1 fully saturated rings. The SMILES string of the molecule is CC(C)Oc1ccccc1CN1CCC[C@@H]1c1cc(C(C)C)on1.